The van der Waals surface area contributed by atoms with Gasteiger partial charge in [-0.3, -0.25) is 9.80 Å². The Bertz CT molecular complexity index is 816. The van der Waals surface area contributed by atoms with Crippen LogP contribution in [0.2, 0.25) is 0 Å². The Balaban J connectivity index is 2.16. The molecule has 3 rings (SSSR count). The fourth-order valence-corrected chi connectivity index (χ4v) is 4.97. The van der Waals surface area contributed by atoms with Gasteiger partial charge in [-0.05, 0) is 23.3 Å². The second-order valence-corrected chi connectivity index (χ2v) is 8.46. The second kappa shape index (κ2) is 8.06. The molecule has 1 saturated heterocycles. The van der Waals surface area contributed by atoms with Crippen LogP contribution in [0.4, 0.5) is 0 Å². The van der Waals surface area contributed by atoms with Crippen molar-refractivity contribution in [3.05, 3.63) is 71.8 Å². The van der Waals surface area contributed by atoms with Gasteiger partial charge >= 0.3 is 0 Å². The van der Waals surface area contributed by atoms with Crippen molar-refractivity contribution >= 4 is 51.5 Å². The van der Waals surface area contributed by atoms with Gasteiger partial charge in [0, 0.05) is 26.9 Å². The minimum absolute atomic E-state index is 0.109. The van der Waals surface area contributed by atoms with Crippen molar-refractivity contribution in [1.82, 2.24) is 14.9 Å². The molecule has 1 heterocycles. The van der Waals surface area contributed by atoms with Crippen LogP contribution in [0, 0.1) is 0 Å². The predicted molar refractivity (Wildman–Crippen MR) is 120 cm³/mol. The lowest BCUT2D eigenvalue weighted by atomic mass is 9.74. The van der Waals surface area contributed by atoms with Crippen molar-refractivity contribution in [3.8, 4) is 0 Å². The van der Waals surface area contributed by atoms with E-state index < -0.39 is 5.41 Å². The quantitative estimate of drug-likeness (QED) is 0.562. The number of hydrogen-bond acceptors (Lipinski definition) is 5. The fourth-order valence-electron chi connectivity index (χ4n) is 3.08. The summed E-state index contributed by atoms with van der Waals surface area (Å²) in [7, 11) is 5.57. The van der Waals surface area contributed by atoms with Crippen LogP contribution in [0.25, 0.3) is 0 Å². The maximum absolute atomic E-state index is 13.9. The van der Waals surface area contributed by atoms with Gasteiger partial charge in [0.25, 0.3) is 0 Å². The molecular formula is C20H21N3OS3. The monoisotopic (exact) mass is 415 g/mol. The molecular weight excluding hydrogens is 394 g/mol. The van der Waals surface area contributed by atoms with Gasteiger partial charge in [0.15, 0.2) is 5.11 Å². The lowest BCUT2D eigenvalue weighted by Gasteiger charge is -2.44. The van der Waals surface area contributed by atoms with E-state index in [0.29, 0.717) is 15.2 Å². The molecule has 1 amide bonds. The SMILES string of the molecule is CN(C)N(C)C(=S)N1C(=O)C(c2ccccc2)(c2ccccc2)CSC1=S. The topological polar surface area (TPSA) is 26.8 Å². The van der Waals surface area contributed by atoms with Crippen molar-refractivity contribution in [2.75, 3.05) is 26.9 Å². The van der Waals surface area contributed by atoms with E-state index in [4.69, 9.17) is 24.4 Å². The first-order chi connectivity index (χ1) is 12.9. The van der Waals surface area contributed by atoms with Crippen molar-refractivity contribution in [2.24, 2.45) is 0 Å². The van der Waals surface area contributed by atoms with Gasteiger partial charge in [-0.2, -0.15) is 0 Å². The van der Waals surface area contributed by atoms with Crippen LogP contribution >= 0.6 is 36.2 Å². The maximum atomic E-state index is 13.9. The highest BCUT2D eigenvalue weighted by Gasteiger charge is 2.50. The highest BCUT2D eigenvalue weighted by molar-refractivity contribution is 8.23. The van der Waals surface area contributed by atoms with Gasteiger partial charge in [-0.25, -0.2) is 9.91 Å². The molecule has 1 aliphatic heterocycles. The molecule has 0 aliphatic carbocycles. The molecule has 0 bridgehead atoms. The number of amides is 1. The smallest absolute Gasteiger partial charge is 0.250 e. The summed E-state index contributed by atoms with van der Waals surface area (Å²) < 4.78 is 0.487. The third-order valence-corrected chi connectivity index (χ3v) is 6.75. The third kappa shape index (κ3) is 3.52. The molecule has 4 nitrogen and oxygen atoms in total. The maximum Gasteiger partial charge on any atom is 0.250 e. The molecule has 0 saturated carbocycles. The van der Waals surface area contributed by atoms with E-state index in [9.17, 15) is 4.79 Å². The Morgan fingerprint density at radius 1 is 1.00 bits per heavy atom. The van der Waals surface area contributed by atoms with Crippen LogP contribution in [0.1, 0.15) is 11.1 Å². The van der Waals surface area contributed by atoms with Crippen molar-refractivity contribution in [3.63, 3.8) is 0 Å². The lowest BCUT2D eigenvalue weighted by Crippen LogP contribution is -2.60. The first kappa shape index (κ1) is 19.9. The molecule has 2 aromatic carbocycles. The van der Waals surface area contributed by atoms with Crippen LogP contribution in [-0.4, -0.2) is 57.2 Å². The molecule has 140 valence electrons. The van der Waals surface area contributed by atoms with Gasteiger partial charge in [0.2, 0.25) is 5.91 Å². The summed E-state index contributed by atoms with van der Waals surface area (Å²) in [4.78, 5) is 15.4. The van der Waals surface area contributed by atoms with E-state index in [0.717, 1.165) is 11.1 Å². The Kier molecular flexibility index (Phi) is 5.95. The molecule has 1 fully saturated rings. The number of carbonyl (C=O) groups excluding carboxylic acids is 1. The molecule has 0 N–H and O–H groups in total. The molecule has 0 radical (unpaired) electrons. The summed E-state index contributed by atoms with van der Waals surface area (Å²) in [5, 5.41) is 3.94. The Labute approximate surface area is 175 Å². The van der Waals surface area contributed by atoms with Crippen LogP contribution < -0.4 is 0 Å². The van der Waals surface area contributed by atoms with Gasteiger partial charge in [0.05, 0.1) is 0 Å². The Morgan fingerprint density at radius 3 is 1.93 bits per heavy atom. The normalized spacial score (nSPS) is 16.5. The lowest BCUT2D eigenvalue weighted by molar-refractivity contribution is -0.128. The summed E-state index contributed by atoms with van der Waals surface area (Å²) in [6, 6.07) is 19.7. The Hall–Kier alpha value is -1.80. The number of thiocarbonyl (C=S) groups is 2. The summed E-state index contributed by atoms with van der Waals surface area (Å²) >= 11 is 12.6. The van der Waals surface area contributed by atoms with E-state index in [1.807, 2.05) is 86.8 Å². The molecule has 0 spiro atoms. The highest BCUT2D eigenvalue weighted by atomic mass is 32.2. The first-order valence-electron chi connectivity index (χ1n) is 8.47. The zero-order valence-electron chi connectivity index (χ0n) is 15.5. The van der Waals surface area contributed by atoms with Crippen molar-refractivity contribution in [2.45, 2.75) is 5.41 Å². The van der Waals surface area contributed by atoms with Gasteiger partial charge < -0.3 is 0 Å². The average Bonchev–Trinajstić information content (AvgIpc) is 2.69. The fraction of sp³-hybridized carbons (Fsp3) is 0.250. The molecule has 27 heavy (non-hydrogen) atoms. The number of rotatable bonds is 3. The number of nitrogens with zero attached hydrogens (tertiary/aromatic N) is 3. The van der Waals surface area contributed by atoms with Crippen LogP contribution in [0.15, 0.2) is 60.7 Å². The zero-order chi connectivity index (χ0) is 19.6. The summed E-state index contributed by atoms with van der Waals surface area (Å²) in [6.45, 7) is 0. The van der Waals surface area contributed by atoms with Gasteiger partial charge in [-0.1, -0.05) is 84.6 Å². The van der Waals surface area contributed by atoms with E-state index in [2.05, 4.69) is 0 Å². The summed E-state index contributed by atoms with van der Waals surface area (Å²) in [6.07, 6.45) is 0. The van der Waals surface area contributed by atoms with Crippen LogP contribution in [-0.2, 0) is 10.2 Å². The first-order valence-corrected chi connectivity index (χ1v) is 10.3. The predicted octanol–water partition coefficient (Wildman–Crippen LogP) is 3.53. The van der Waals surface area contributed by atoms with Crippen LogP contribution in [0.5, 0.6) is 0 Å². The minimum atomic E-state index is -0.841. The average molecular weight is 416 g/mol. The number of hydrogen-bond donors (Lipinski definition) is 0. The molecule has 7 heteroatoms. The molecule has 0 aromatic heterocycles. The highest BCUT2D eigenvalue weighted by Crippen LogP contribution is 2.42. The summed E-state index contributed by atoms with van der Waals surface area (Å²) in [5.74, 6) is 0.436. The van der Waals surface area contributed by atoms with E-state index in [1.165, 1.54) is 16.7 Å². The van der Waals surface area contributed by atoms with Gasteiger partial charge in [0.1, 0.15) is 9.74 Å². The summed E-state index contributed by atoms with van der Waals surface area (Å²) in [5.41, 5.74) is 1.04. The van der Waals surface area contributed by atoms with E-state index in [1.54, 1.807) is 5.01 Å². The third-order valence-electron chi connectivity index (χ3n) is 4.76. The number of carbonyl (C=O) groups is 1. The van der Waals surface area contributed by atoms with Crippen molar-refractivity contribution < 1.29 is 4.79 Å². The van der Waals surface area contributed by atoms with E-state index >= 15 is 0 Å². The molecule has 2 aromatic rings. The zero-order valence-corrected chi connectivity index (χ0v) is 17.9. The minimum Gasteiger partial charge on any atom is -0.285 e. The molecule has 0 atom stereocenters. The van der Waals surface area contributed by atoms with Crippen LogP contribution in [0.3, 0.4) is 0 Å². The molecule has 1 aliphatic rings. The van der Waals surface area contributed by atoms with Gasteiger partial charge in [-0.15, -0.1) is 0 Å². The number of benzene rings is 2. The Morgan fingerprint density at radius 2 is 1.48 bits per heavy atom. The standard InChI is InChI=1S/C20H21N3OS3/c1-21(2)22(3)18(25)23-17(24)20(14-27-19(23)26,15-10-6-4-7-11-15)16-12-8-5-9-13-16/h4-13H,14H2,1-3H3. The number of thioether (sulfide) groups is 1. The van der Waals surface area contributed by atoms with E-state index in [-0.39, 0.29) is 5.91 Å². The van der Waals surface area contributed by atoms with Crippen molar-refractivity contribution in [1.29, 1.82) is 0 Å². The second-order valence-electron chi connectivity index (χ2n) is 6.49. The molecule has 0 unspecified atom stereocenters. The largest absolute Gasteiger partial charge is 0.285 e. The number of hydrazine groups is 1.